The van der Waals surface area contributed by atoms with E-state index in [2.05, 4.69) is 20.5 Å². The Morgan fingerprint density at radius 1 is 1.50 bits per heavy atom. The third kappa shape index (κ3) is 4.09. The first-order valence-corrected chi connectivity index (χ1v) is 3.53. The van der Waals surface area contributed by atoms with Crippen LogP contribution in [-0.4, -0.2) is 25.6 Å². The van der Waals surface area contributed by atoms with Crippen LogP contribution in [0.5, 0.6) is 0 Å². The number of hydrogen-bond donors (Lipinski definition) is 1. The quantitative estimate of drug-likeness (QED) is 0.480. The lowest BCUT2D eigenvalue weighted by molar-refractivity contribution is 0.00201. The van der Waals surface area contributed by atoms with Crippen LogP contribution in [0.25, 0.3) is 0 Å². The van der Waals surface area contributed by atoms with Crippen LogP contribution in [0.3, 0.4) is 0 Å². The fraction of sp³-hybridized carbons (Fsp3) is 1.00. The second-order valence-electron chi connectivity index (χ2n) is 2.01. The van der Waals surface area contributed by atoms with Crippen molar-refractivity contribution in [3.05, 3.63) is 0 Å². The van der Waals surface area contributed by atoms with E-state index < -0.39 is 12.0 Å². The monoisotopic (exact) mass is 168 g/mol. The molecule has 0 rings (SSSR count). The lowest BCUT2D eigenvalue weighted by Gasteiger charge is -2.15. The fourth-order valence-corrected chi connectivity index (χ4v) is 0.646. The van der Waals surface area contributed by atoms with Crippen LogP contribution in [0.4, 0.5) is 13.2 Å². The summed E-state index contributed by atoms with van der Waals surface area (Å²) in [6.07, 6.45) is -2.15. The van der Waals surface area contributed by atoms with Gasteiger partial charge in [0.05, 0.1) is 0 Å². The van der Waals surface area contributed by atoms with Crippen LogP contribution in [0.1, 0.15) is 12.8 Å². The van der Waals surface area contributed by atoms with Gasteiger partial charge in [-0.25, -0.2) is 13.2 Å². The van der Waals surface area contributed by atoms with Crippen LogP contribution in [0, 0.1) is 0 Å². The predicted molar refractivity (Wildman–Crippen MR) is 38.7 cm³/mol. The van der Waals surface area contributed by atoms with Crippen molar-refractivity contribution in [3.8, 4) is 0 Å². The summed E-state index contributed by atoms with van der Waals surface area (Å²) >= 11 is 3.74. The molecule has 10 heavy (non-hydrogen) atoms. The van der Waals surface area contributed by atoms with Gasteiger partial charge in [-0.15, -0.1) is 0 Å². The van der Waals surface area contributed by atoms with Crippen LogP contribution >= 0.6 is 12.6 Å². The molecule has 0 nitrogen and oxygen atoms in total. The molecule has 0 aromatic heterocycles. The minimum absolute atomic E-state index is 0.229. The fourth-order valence-electron chi connectivity index (χ4n) is 0.463. The SMILES string of the molecule is [B]C(F)(F)C(F)CCCS. The Morgan fingerprint density at radius 2 is 2.00 bits per heavy atom. The summed E-state index contributed by atoms with van der Waals surface area (Å²) in [5.41, 5.74) is 0. The molecule has 58 valence electrons. The van der Waals surface area contributed by atoms with Gasteiger partial charge in [0.15, 0.2) is 14.0 Å². The number of thiol groups is 1. The molecular weight excluding hydrogens is 160 g/mol. The largest absolute Gasteiger partial charge is 0.242 e. The Labute approximate surface area is 65.0 Å². The number of hydrogen-bond acceptors (Lipinski definition) is 1. The third-order valence-electron chi connectivity index (χ3n) is 1.03. The highest BCUT2D eigenvalue weighted by molar-refractivity contribution is 7.80. The molecule has 1 atom stereocenters. The Hall–Kier alpha value is 0.205. The summed E-state index contributed by atoms with van der Waals surface area (Å²) in [5, 5.41) is 0. The van der Waals surface area contributed by atoms with Gasteiger partial charge >= 0.3 is 0 Å². The molecule has 0 aliphatic carbocycles. The normalized spacial score (nSPS) is 15.2. The van der Waals surface area contributed by atoms with Gasteiger partial charge in [-0.2, -0.15) is 12.6 Å². The predicted octanol–water partition coefficient (Wildman–Crippen LogP) is 1.80. The molecule has 5 heteroatoms. The van der Waals surface area contributed by atoms with Crippen LogP contribution in [-0.2, 0) is 0 Å². The number of halogens is 3. The molecule has 0 spiro atoms. The van der Waals surface area contributed by atoms with E-state index in [0.717, 1.165) is 0 Å². The van der Waals surface area contributed by atoms with E-state index in [-0.39, 0.29) is 6.42 Å². The summed E-state index contributed by atoms with van der Waals surface area (Å²) in [6, 6.07) is 0. The first kappa shape index (κ1) is 10.2. The molecule has 0 saturated carbocycles. The smallest absolute Gasteiger partial charge is 0.229 e. The number of alkyl halides is 3. The Morgan fingerprint density at radius 3 is 2.30 bits per heavy atom. The topological polar surface area (TPSA) is 0 Å². The van der Waals surface area contributed by atoms with Gasteiger partial charge in [-0.3, -0.25) is 0 Å². The molecule has 0 heterocycles. The van der Waals surface area contributed by atoms with Crippen molar-refractivity contribution in [1.29, 1.82) is 0 Å². The molecule has 0 aliphatic rings. The van der Waals surface area contributed by atoms with Gasteiger partial charge in [0.25, 0.3) is 0 Å². The van der Waals surface area contributed by atoms with Crippen molar-refractivity contribution in [2.24, 2.45) is 0 Å². The maximum atomic E-state index is 12.2. The summed E-state index contributed by atoms with van der Waals surface area (Å²) < 4.78 is 35.8. The zero-order valence-electron chi connectivity index (χ0n) is 5.36. The zero-order valence-corrected chi connectivity index (χ0v) is 6.25. The standard InChI is InChI=1S/C5H8BF3S/c6-5(8,9)4(7)2-1-3-10/h4,10H,1-3H2. The molecule has 0 saturated heterocycles. The molecular formula is C5H8BF3S. The highest BCUT2D eigenvalue weighted by atomic mass is 32.1. The van der Waals surface area contributed by atoms with Gasteiger partial charge in [-0.1, -0.05) is 0 Å². The molecule has 0 bridgehead atoms. The minimum atomic E-state index is -3.69. The lowest BCUT2D eigenvalue weighted by atomic mass is 9.91. The maximum absolute atomic E-state index is 12.2. The molecule has 2 radical (unpaired) electrons. The maximum Gasteiger partial charge on any atom is 0.229 e. The van der Waals surface area contributed by atoms with Gasteiger partial charge in [0.1, 0.15) is 0 Å². The first-order valence-electron chi connectivity index (χ1n) is 2.90. The van der Waals surface area contributed by atoms with E-state index in [0.29, 0.717) is 12.2 Å². The van der Waals surface area contributed by atoms with Gasteiger partial charge in [0.2, 0.25) is 5.82 Å². The van der Waals surface area contributed by atoms with Crippen LogP contribution < -0.4 is 0 Å². The third-order valence-corrected chi connectivity index (χ3v) is 1.35. The number of rotatable bonds is 4. The van der Waals surface area contributed by atoms with Gasteiger partial charge in [-0.05, 0) is 18.6 Å². The summed E-state index contributed by atoms with van der Waals surface area (Å²) in [4.78, 5) is 0. The minimum Gasteiger partial charge on any atom is -0.242 e. The molecule has 0 fully saturated rings. The average Bonchev–Trinajstić information content (AvgIpc) is 1.80. The van der Waals surface area contributed by atoms with Crippen molar-refractivity contribution >= 4 is 20.5 Å². The lowest BCUT2D eigenvalue weighted by Crippen LogP contribution is -2.30. The Balaban J connectivity index is 3.52. The molecule has 0 amide bonds. The van der Waals surface area contributed by atoms with Crippen molar-refractivity contribution in [2.75, 3.05) is 5.75 Å². The Bertz CT molecular complexity index is 93.4. The second kappa shape index (κ2) is 4.16. The van der Waals surface area contributed by atoms with Crippen LogP contribution in [0.15, 0.2) is 0 Å². The summed E-state index contributed by atoms with van der Waals surface area (Å²) in [5.74, 6) is -3.29. The van der Waals surface area contributed by atoms with E-state index in [1.54, 1.807) is 0 Å². The van der Waals surface area contributed by atoms with Gasteiger partial charge in [0, 0.05) is 0 Å². The zero-order chi connectivity index (χ0) is 8.20. The van der Waals surface area contributed by atoms with Crippen molar-refractivity contribution in [2.45, 2.75) is 24.8 Å². The average molecular weight is 168 g/mol. The van der Waals surface area contributed by atoms with Crippen LogP contribution in [0.2, 0.25) is 0 Å². The molecule has 1 unspecified atom stereocenters. The van der Waals surface area contributed by atoms with Crippen molar-refractivity contribution in [1.82, 2.24) is 0 Å². The first-order chi connectivity index (χ1) is 4.48. The van der Waals surface area contributed by atoms with E-state index in [1.807, 2.05) is 0 Å². The second-order valence-corrected chi connectivity index (χ2v) is 2.46. The summed E-state index contributed by atoms with van der Waals surface area (Å²) in [6.45, 7) is 0. The van der Waals surface area contributed by atoms with Crippen molar-refractivity contribution < 1.29 is 13.2 Å². The molecule has 0 aromatic carbocycles. The highest BCUT2D eigenvalue weighted by Crippen LogP contribution is 2.20. The van der Waals surface area contributed by atoms with E-state index in [9.17, 15) is 13.2 Å². The molecule has 0 N–H and O–H groups in total. The summed E-state index contributed by atoms with van der Waals surface area (Å²) in [7, 11) is 4.19. The Kier molecular flexibility index (Phi) is 4.25. The highest BCUT2D eigenvalue weighted by Gasteiger charge is 2.32. The van der Waals surface area contributed by atoms with E-state index >= 15 is 0 Å². The molecule has 0 aliphatic heterocycles. The van der Waals surface area contributed by atoms with Crippen molar-refractivity contribution in [3.63, 3.8) is 0 Å². The van der Waals surface area contributed by atoms with E-state index in [1.165, 1.54) is 0 Å². The van der Waals surface area contributed by atoms with Gasteiger partial charge < -0.3 is 0 Å². The molecule has 0 aromatic rings. The van der Waals surface area contributed by atoms with E-state index in [4.69, 9.17) is 0 Å².